The first-order valence-electron chi connectivity index (χ1n) is 6.82. The Kier molecular flexibility index (Phi) is 7.46. The van der Waals surface area contributed by atoms with Gasteiger partial charge in [0.1, 0.15) is 11.4 Å². The second-order valence-corrected chi connectivity index (χ2v) is 6.36. The van der Waals surface area contributed by atoms with E-state index in [1.54, 1.807) is 0 Å². The summed E-state index contributed by atoms with van der Waals surface area (Å²) < 4.78 is 5.79. The van der Waals surface area contributed by atoms with Gasteiger partial charge < -0.3 is 10.5 Å². The topological polar surface area (TPSA) is 35.2 Å². The number of hydrogen-bond acceptors (Lipinski definition) is 2. The Morgan fingerprint density at radius 3 is 2.00 bits per heavy atom. The molecule has 0 bridgehead atoms. The van der Waals surface area contributed by atoms with Crippen LogP contribution in [-0.2, 0) is 0 Å². The van der Waals surface area contributed by atoms with Crippen molar-refractivity contribution in [3.63, 3.8) is 0 Å². The molecule has 1 aromatic carbocycles. The molecule has 0 spiro atoms. The number of ether oxygens (including phenoxy) is 1. The third-order valence-electron chi connectivity index (χ3n) is 2.79. The number of halogens is 1. The first-order chi connectivity index (χ1) is 8.28. The Morgan fingerprint density at radius 1 is 1.05 bits per heavy atom. The fourth-order valence-corrected chi connectivity index (χ4v) is 1.82. The van der Waals surface area contributed by atoms with Crippen LogP contribution in [-0.4, -0.2) is 5.60 Å². The van der Waals surface area contributed by atoms with Gasteiger partial charge in [0.2, 0.25) is 0 Å². The third-order valence-corrected chi connectivity index (χ3v) is 2.79. The summed E-state index contributed by atoms with van der Waals surface area (Å²) >= 11 is 0. The predicted octanol–water partition coefficient (Wildman–Crippen LogP) is 4.72. The van der Waals surface area contributed by atoms with Crippen molar-refractivity contribution in [3.05, 3.63) is 29.8 Å². The molecule has 1 aromatic rings. The van der Waals surface area contributed by atoms with Crippen LogP contribution in [0, 0.1) is 5.92 Å². The quantitative estimate of drug-likeness (QED) is 0.849. The van der Waals surface area contributed by atoms with Gasteiger partial charge in [-0.1, -0.05) is 26.0 Å². The SMILES string of the molecule is CC(C)CC[C@@H](N)c1ccc(OC(C)(C)C)cc1.Cl. The molecule has 0 saturated carbocycles. The highest BCUT2D eigenvalue weighted by molar-refractivity contribution is 5.85. The van der Waals surface area contributed by atoms with E-state index in [1.165, 1.54) is 12.0 Å². The van der Waals surface area contributed by atoms with E-state index in [0.717, 1.165) is 12.2 Å². The zero-order valence-electron chi connectivity index (χ0n) is 12.8. The average Bonchev–Trinajstić information content (AvgIpc) is 2.24. The molecule has 0 aliphatic carbocycles. The molecule has 0 aromatic heterocycles. The fraction of sp³-hybridized carbons (Fsp3) is 0.625. The number of benzene rings is 1. The lowest BCUT2D eigenvalue weighted by atomic mass is 9.98. The van der Waals surface area contributed by atoms with Crippen LogP contribution in [0.15, 0.2) is 24.3 Å². The minimum atomic E-state index is -0.152. The van der Waals surface area contributed by atoms with Crippen LogP contribution < -0.4 is 10.5 Å². The lowest BCUT2D eigenvalue weighted by Gasteiger charge is -2.21. The molecule has 0 aliphatic rings. The van der Waals surface area contributed by atoms with Crippen LogP contribution in [0.25, 0.3) is 0 Å². The highest BCUT2D eigenvalue weighted by atomic mass is 35.5. The largest absolute Gasteiger partial charge is 0.488 e. The normalized spacial score (nSPS) is 13.0. The first kappa shape index (κ1) is 18.3. The molecule has 1 atom stereocenters. The van der Waals surface area contributed by atoms with Gasteiger partial charge in [0.15, 0.2) is 0 Å². The molecule has 0 unspecified atom stereocenters. The minimum Gasteiger partial charge on any atom is -0.488 e. The zero-order valence-corrected chi connectivity index (χ0v) is 13.6. The second kappa shape index (κ2) is 7.76. The van der Waals surface area contributed by atoms with Crippen molar-refractivity contribution in [1.82, 2.24) is 0 Å². The molecule has 2 N–H and O–H groups in total. The van der Waals surface area contributed by atoms with Crippen molar-refractivity contribution in [3.8, 4) is 5.75 Å². The smallest absolute Gasteiger partial charge is 0.120 e. The summed E-state index contributed by atoms with van der Waals surface area (Å²) in [5.74, 6) is 1.61. The Hall–Kier alpha value is -0.730. The second-order valence-electron chi connectivity index (χ2n) is 6.36. The van der Waals surface area contributed by atoms with Crippen LogP contribution in [0.3, 0.4) is 0 Å². The van der Waals surface area contributed by atoms with Crippen molar-refractivity contribution < 1.29 is 4.74 Å². The number of nitrogens with two attached hydrogens (primary N) is 1. The Bertz CT molecular complexity index is 354. The molecule has 3 heteroatoms. The summed E-state index contributed by atoms with van der Waals surface area (Å²) in [5.41, 5.74) is 7.22. The molecule has 0 amide bonds. The van der Waals surface area contributed by atoms with Gasteiger partial charge in [-0.05, 0) is 57.2 Å². The van der Waals surface area contributed by atoms with Gasteiger partial charge in [0.05, 0.1) is 0 Å². The van der Waals surface area contributed by atoms with Crippen LogP contribution in [0.2, 0.25) is 0 Å². The van der Waals surface area contributed by atoms with Crippen molar-refractivity contribution in [2.24, 2.45) is 11.7 Å². The van der Waals surface area contributed by atoms with E-state index in [2.05, 4.69) is 46.8 Å². The Labute approximate surface area is 124 Å². The zero-order chi connectivity index (χ0) is 13.8. The van der Waals surface area contributed by atoms with Crippen LogP contribution in [0.1, 0.15) is 59.1 Å². The van der Waals surface area contributed by atoms with Gasteiger partial charge in [-0.15, -0.1) is 12.4 Å². The van der Waals surface area contributed by atoms with Crippen LogP contribution >= 0.6 is 12.4 Å². The van der Waals surface area contributed by atoms with E-state index in [-0.39, 0.29) is 24.0 Å². The molecule has 110 valence electrons. The molecule has 0 fully saturated rings. The van der Waals surface area contributed by atoms with E-state index >= 15 is 0 Å². The fourth-order valence-electron chi connectivity index (χ4n) is 1.82. The molecule has 0 heterocycles. The van der Waals surface area contributed by atoms with Crippen LogP contribution in [0.4, 0.5) is 0 Å². The highest BCUT2D eigenvalue weighted by Gasteiger charge is 2.12. The van der Waals surface area contributed by atoms with Crippen molar-refractivity contribution in [2.45, 2.75) is 59.1 Å². The van der Waals surface area contributed by atoms with E-state index < -0.39 is 0 Å². The van der Waals surface area contributed by atoms with Gasteiger partial charge in [-0.2, -0.15) is 0 Å². The van der Waals surface area contributed by atoms with Gasteiger partial charge in [0.25, 0.3) is 0 Å². The van der Waals surface area contributed by atoms with Crippen molar-refractivity contribution >= 4 is 12.4 Å². The maximum absolute atomic E-state index is 6.18. The lowest BCUT2D eigenvalue weighted by Crippen LogP contribution is -2.22. The van der Waals surface area contributed by atoms with E-state index in [1.807, 2.05) is 12.1 Å². The van der Waals surface area contributed by atoms with Crippen molar-refractivity contribution in [2.75, 3.05) is 0 Å². The monoisotopic (exact) mass is 285 g/mol. The summed E-state index contributed by atoms with van der Waals surface area (Å²) in [5, 5.41) is 0. The molecule has 2 nitrogen and oxygen atoms in total. The van der Waals surface area contributed by atoms with Gasteiger partial charge in [-0.3, -0.25) is 0 Å². The molecular formula is C16H28ClNO. The Morgan fingerprint density at radius 2 is 1.58 bits per heavy atom. The summed E-state index contributed by atoms with van der Waals surface area (Å²) in [6, 6.07) is 8.31. The average molecular weight is 286 g/mol. The molecular weight excluding hydrogens is 258 g/mol. The highest BCUT2D eigenvalue weighted by Crippen LogP contribution is 2.23. The predicted molar refractivity (Wildman–Crippen MR) is 85.1 cm³/mol. The van der Waals surface area contributed by atoms with Crippen LogP contribution in [0.5, 0.6) is 5.75 Å². The summed E-state index contributed by atoms with van der Waals surface area (Å²) in [6.45, 7) is 10.6. The molecule has 19 heavy (non-hydrogen) atoms. The molecule has 0 aliphatic heterocycles. The maximum atomic E-state index is 6.18. The summed E-state index contributed by atoms with van der Waals surface area (Å²) in [7, 11) is 0. The molecule has 1 rings (SSSR count). The first-order valence-corrected chi connectivity index (χ1v) is 6.82. The lowest BCUT2D eigenvalue weighted by molar-refractivity contribution is 0.131. The molecule has 0 saturated heterocycles. The standard InChI is InChI=1S/C16H27NO.ClH/c1-12(2)6-11-15(17)13-7-9-14(10-8-13)18-16(3,4)5;/h7-10,12,15H,6,11,17H2,1-5H3;1H/t15-;/m1./s1. The van der Waals surface area contributed by atoms with E-state index in [4.69, 9.17) is 10.5 Å². The Balaban J connectivity index is 0.00000324. The number of rotatable bonds is 5. The third kappa shape index (κ3) is 7.44. The van der Waals surface area contributed by atoms with Gasteiger partial charge in [0, 0.05) is 6.04 Å². The molecule has 0 radical (unpaired) electrons. The van der Waals surface area contributed by atoms with E-state index in [0.29, 0.717) is 5.92 Å². The summed E-state index contributed by atoms with van der Waals surface area (Å²) in [6.07, 6.45) is 2.21. The van der Waals surface area contributed by atoms with Crippen molar-refractivity contribution in [1.29, 1.82) is 0 Å². The maximum Gasteiger partial charge on any atom is 0.120 e. The number of hydrogen-bond donors (Lipinski definition) is 1. The summed E-state index contributed by atoms with van der Waals surface area (Å²) in [4.78, 5) is 0. The van der Waals surface area contributed by atoms with E-state index in [9.17, 15) is 0 Å². The van der Waals surface area contributed by atoms with Gasteiger partial charge >= 0.3 is 0 Å². The van der Waals surface area contributed by atoms with Gasteiger partial charge in [-0.25, -0.2) is 0 Å². The minimum absolute atomic E-state index is 0.